The molecular formula is C19H17ClN6. The monoisotopic (exact) mass is 364 g/mol. The van der Waals surface area contributed by atoms with Crippen molar-refractivity contribution < 1.29 is 0 Å². The number of halogens is 1. The predicted molar refractivity (Wildman–Crippen MR) is 106 cm³/mol. The zero-order valence-corrected chi connectivity index (χ0v) is 14.8. The molecule has 2 heterocycles. The molecule has 26 heavy (non-hydrogen) atoms. The van der Waals surface area contributed by atoms with E-state index in [-0.39, 0.29) is 0 Å². The molecule has 0 amide bonds. The Morgan fingerprint density at radius 1 is 1.04 bits per heavy atom. The van der Waals surface area contributed by atoms with E-state index in [2.05, 4.69) is 23.5 Å². The van der Waals surface area contributed by atoms with E-state index in [1.807, 2.05) is 58.3 Å². The van der Waals surface area contributed by atoms with Gasteiger partial charge in [0.2, 0.25) is 0 Å². The number of hydrogen-bond donors (Lipinski definition) is 0. The van der Waals surface area contributed by atoms with E-state index >= 15 is 0 Å². The van der Waals surface area contributed by atoms with Crippen molar-refractivity contribution >= 4 is 33.5 Å². The normalized spacial score (nSPS) is 11.1. The van der Waals surface area contributed by atoms with Crippen LogP contribution in [-0.2, 0) is 0 Å². The summed E-state index contributed by atoms with van der Waals surface area (Å²) in [5.74, 6) is 0.800. The van der Waals surface area contributed by atoms with Crippen LogP contribution in [0.2, 0.25) is 5.02 Å². The molecule has 0 fully saturated rings. The highest BCUT2D eigenvalue weighted by molar-refractivity contribution is 6.31. The quantitative estimate of drug-likeness (QED) is 0.489. The van der Waals surface area contributed by atoms with Crippen LogP contribution in [0.15, 0.2) is 67.8 Å². The molecule has 130 valence electrons. The van der Waals surface area contributed by atoms with Gasteiger partial charge in [0.15, 0.2) is 5.82 Å². The zero-order valence-electron chi connectivity index (χ0n) is 14.1. The summed E-state index contributed by atoms with van der Waals surface area (Å²) in [6, 6.07) is 13.5. The topological polar surface area (TPSA) is 51.8 Å². The van der Waals surface area contributed by atoms with Gasteiger partial charge in [0.25, 0.3) is 0 Å². The highest BCUT2D eigenvalue weighted by atomic mass is 35.5. The molecule has 0 aliphatic heterocycles. The minimum absolute atomic E-state index is 0.612. The fourth-order valence-corrected chi connectivity index (χ4v) is 3.15. The minimum Gasteiger partial charge on any atom is -0.287 e. The van der Waals surface area contributed by atoms with Gasteiger partial charge in [-0.2, -0.15) is 14.6 Å². The summed E-state index contributed by atoms with van der Waals surface area (Å²) in [5.41, 5.74) is 2.46. The first-order chi connectivity index (χ1) is 12.7. The Morgan fingerprint density at radius 3 is 2.58 bits per heavy atom. The first-order valence-electron chi connectivity index (χ1n) is 8.19. The number of hydrogen-bond acceptors (Lipinski definition) is 4. The third kappa shape index (κ3) is 2.64. The van der Waals surface area contributed by atoms with Crippen LogP contribution in [0.3, 0.4) is 0 Å². The van der Waals surface area contributed by atoms with Gasteiger partial charge in [-0.1, -0.05) is 41.1 Å². The molecule has 0 aliphatic rings. The molecule has 2 aromatic carbocycles. The average Bonchev–Trinajstić information content (AvgIpc) is 3.22. The maximum atomic E-state index is 6.20. The molecular weight excluding hydrogens is 348 g/mol. The molecule has 0 spiro atoms. The Labute approximate surface area is 155 Å². The fourth-order valence-electron chi connectivity index (χ4n) is 2.98. The van der Waals surface area contributed by atoms with E-state index in [0.29, 0.717) is 18.1 Å². The lowest BCUT2D eigenvalue weighted by atomic mass is 10.2. The summed E-state index contributed by atoms with van der Waals surface area (Å²) in [5, 5.41) is 17.0. The third-order valence-electron chi connectivity index (χ3n) is 4.09. The second kappa shape index (κ2) is 6.65. The maximum absolute atomic E-state index is 6.20. The van der Waals surface area contributed by atoms with Crippen molar-refractivity contribution in [3.05, 3.63) is 72.8 Å². The molecule has 0 bridgehead atoms. The van der Waals surface area contributed by atoms with Gasteiger partial charge >= 0.3 is 0 Å². The zero-order chi connectivity index (χ0) is 18.1. The molecule has 0 N–H and O–H groups in total. The van der Waals surface area contributed by atoms with Gasteiger partial charge in [-0.15, -0.1) is 18.3 Å². The second-order valence-corrected chi connectivity index (χ2v) is 6.25. The van der Waals surface area contributed by atoms with Crippen molar-refractivity contribution in [2.24, 2.45) is 0 Å². The van der Waals surface area contributed by atoms with Gasteiger partial charge in [-0.3, -0.25) is 5.01 Å². The van der Waals surface area contributed by atoms with Crippen molar-refractivity contribution in [2.45, 2.75) is 0 Å². The number of aromatic nitrogens is 5. The highest BCUT2D eigenvalue weighted by Crippen LogP contribution is 2.26. The van der Waals surface area contributed by atoms with E-state index in [1.165, 1.54) is 0 Å². The number of benzene rings is 2. The van der Waals surface area contributed by atoms with Gasteiger partial charge in [0.1, 0.15) is 5.52 Å². The Kier molecular flexibility index (Phi) is 4.18. The van der Waals surface area contributed by atoms with Crippen LogP contribution < -0.4 is 5.01 Å². The van der Waals surface area contributed by atoms with Crippen molar-refractivity contribution in [1.29, 1.82) is 0 Å². The molecule has 0 atom stereocenters. The lowest BCUT2D eigenvalue weighted by Gasteiger charge is -2.23. The van der Waals surface area contributed by atoms with Crippen LogP contribution >= 0.6 is 11.6 Å². The molecule has 0 saturated heterocycles. The van der Waals surface area contributed by atoms with E-state index in [4.69, 9.17) is 16.7 Å². The minimum atomic E-state index is 0.612. The standard InChI is InChI=1S/C19H17ClN6/c1-3-11-24(12-4-2)26-19(15-7-5-6-8-16(15)22-26)25-18-13-14(20)9-10-17(18)21-23-25/h3-10,13H,1-2,11-12H2. The fraction of sp³-hybridized carbons (Fsp3) is 0.105. The number of rotatable bonds is 6. The van der Waals surface area contributed by atoms with Crippen molar-refractivity contribution in [3.8, 4) is 5.82 Å². The van der Waals surface area contributed by atoms with Gasteiger partial charge in [-0.05, 0) is 30.3 Å². The van der Waals surface area contributed by atoms with Gasteiger partial charge in [0.05, 0.1) is 24.1 Å². The van der Waals surface area contributed by atoms with Crippen LogP contribution in [-0.4, -0.2) is 38.0 Å². The molecule has 4 rings (SSSR count). The molecule has 0 aliphatic carbocycles. The van der Waals surface area contributed by atoms with E-state index in [9.17, 15) is 0 Å². The Balaban J connectivity index is 2.03. The summed E-state index contributed by atoms with van der Waals surface area (Å²) < 4.78 is 1.77. The highest BCUT2D eigenvalue weighted by Gasteiger charge is 2.20. The number of fused-ring (bicyclic) bond motifs is 2. The Bertz CT molecular complexity index is 1100. The van der Waals surface area contributed by atoms with Crippen molar-refractivity contribution in [2.75, 3.05) is 18.1 Å². The van der Waals surface area contributed by atoms with Crippen LogP contribution in [0, 0.1) is 0 Å². The van der Waals surface area contributed by atoms with Crippen LogP contribution in [0.1, 0.15) is 0 Å². The van der Waals surface area contributed by atoms with Crippen molar-refractivity contribution in [3.63, 3.8) is 0 Å². The number of nitrogens with zero attached hydrogens (tertiary/aromatic N) is 6. The van der Waals surface area contributed by atoms with Gasteiger partial charge < -0.3 is 0 Å². The first kappa shape index (κ1) is 16.4. The summed E-state index contributed by atoms with van der Waals surface area (Å²) in [6.07, 6.45) is 3.66. The molecule has 0 saturated carbocycles. The van der Waals surface area contributed by atoms with Crippen LogP contribution in [0.4, 0.5) is 0 Å². The lowest BCUT2D eigenvalue weighted by molar-refractivity contribution is 0.567. The first-order valence-corrected chi connectivity index (χ1v) is 8.57. The van der Waals surface area contributed by atoms with E-state index < -0.39 is 0 Å². The molecule has 7 heteroatoms. The summed E-state index contributed by atoms with van der Waals surface area (Å²) in [4.78, 5) is 1.84. The molecule has 6 nitrogen and oxygen atoms in total. The van der Waals surface area contributed by atoms with Crippen molar-refractivity contribution in [1.82, 2.24) is 24.9 Å². The van der Waals surface area contributed by atoms with Gasteiger partial charge in [-0.25, -0.2) is 0 Å². The molecule has 2 aromatic heterocycles. The average molecular weight is 365 g/mol. The smallest absolute Gasteiger partial charge is 0.185 e. The third-order valence-corrected chi connectivity index (χ3v) is 4.33. The largest absolute Gasteiger partial charge is 0.287 e. The molecule has 0 radical (unpaired) electrons. The summed E-state index contributed by atoms with van der Waals surface area (Å²) >= 11 is 6.20. The van der Waals surface area contributed by atoms with Gasteiger partial charge in [0, 0.05) is 10.4 Å². The summed E-state index contributed by atoms with van der Waals surface area (Å²) in [6.45, 7) is 8.92. The van der Waals surface area contributed by atoms with E-state index in [1.54, 1.807) is 10.7 Å². The SMILES string of the molecule is C=CCN(CC=C)n1nc2ccccc2c1-n1nnc2ccc(Cl)cc21. The lowest BCUT2D eigenvalue weighted by Crippen LogP contribution is -2.37. The molecule has 0 unspecified atom stereocenters. The van der Waals surface area contributed by atoms with E-state index in [0.717, 1.165) is 27.8 Å². The van der Waals surface area contributed by atoms with Crippen LogP contribution in [0.25, 0.3) is 27.8 Å². The molecule has 4 aromatic rings. The predicted octanol–water partition coefficient (Wildman–Crippen LogP) is 3.73. The Morgan fingerprint density at radius 2 is 1.81 bits per heavy atom. The summed E-state index contributed by atoms with van der Waals surface area (Å²) in [7, 11) is 0. The Hall–Kier alpha value is -3.12. The second-order valence-electron chi connectivity index (χ2n) is 5.81. The van der Waals surface area contributed by atoms with Crippen LogP contribution in [0.5, 0.6) is 0 Å². The maximum Gasteiger partial charge on any atom is 0.185 e.